The Morgan fingerprint density at radius 2 is 1.75 bits per heavy atom. The number of aromatic hydroxyl groups is 2. The molecule has 0 aromatic heterocycles. The van der Waals surface area contributed by atoms with Gasteiger partial charge in [-0.25, -0.2) is 0 Å². The Morgan fingerprint density at radius 1 is 1.00 bits per heavy atom. The molecule has 128 valence electrons. The van der Waals surface area contributed by atoms with E-state index in [9.17, 15) is 10.2 Å². The maximum atomic E-state index is 10.7. The van der Waals surface area contributed by atoms with E-state index in [0.717, 1.165) is 5.56 Å². The highest BCUT2D eigenvalue weighted by Gasteiger charge is 2.30. The highest BCUT2D eigenvalue weighted by atomic mass is 16.5. The molecule has 24 heavy (non-hydrogen) atoms. The molecule has 1 atom stereocenters. The number of ether oxygens (including phenoxy) is 4. The first-order valence-corrected chi connectivity index (χ1v) is 7.55. The third kappa shape index (κ3) is 2.64. The zero-order valence-corrected chi connectivity index (χ0v) is 13.8. The van der Waals surface area contributed by atoms with E-state index in [-0.39, 0.29) is 23.2 Å². The second kappa shape index (κ2) is 6.39. The molecule has 0 saturated heterocycles. The van der Waals surface area contributed by atoms with E-state index in [1.165, 1.54) is 14.2 Å². The molecule has 1 aliphatic rings. The smallest absolute Gasteiger partial charge is 0.203 e. The third-order valence-electron chi connectivity index (χ3n) is 4.23. The van der Waals surface area contributed by atoms with E-state index in [1.54, 1.807) is 25.3 Å². The first kappa shape index (κ1) is 16.1. The number of phenols is 2. The lowest BCUT2D eigenvalue weighted by atomic mass is 9.88. The molecule has 0 aliphatic carbocycles. The fourth-order valence-corrected chi connectivity index (χ4v) is 3.08. The van der Waals surface area contributed by atoms with Gasteiger partial charge in [0.25, 0.3) is 0 Å². The summed E-state index contributed by atoms with van der Waals surface area (Å²) in [7, 11) is 4.52. The maximum absolute atomic E-state index is 10.7. The van der Waals surface area contributed by atoms with Crippen molar-refractivity contribution in [3.63, 3.8) is 0 Å². The Morgan fingerprint density at radius 3 is 2.42 bits per heavy atom. The van der Waals surface area contributed by atoms with Crippen molar-refractivity contribution >= 4 is 0 Å². The maximum Gasteiger partial charge on any atom is 0.203 e. The quantitative estimate of drug-likeness (QED) is 0.896. The van der Waals surface area contributed by atoms with Gasteiger partial charge in [-0.3, -0.25) is 0 Å². The zero-order chi connectivity index (χ0) is 17.3. The van der Waals surface area contributed by atoms with Crippen molar-refractivity contribution in [3.8, 4) is 34.5 Å². The largest absolute Gasteiger partial charge is 0.508 e. The Hall–Kier alpha value is -2.76. The average molecular weight is 332 g/mol. The van der Waals surface area contributed by atoms with Crippen molar-refractivity contribution in [1.82, 2.24) is 0 Å². The SMILES string of the molecule is COc1cc(OC)c([C@@H]2COc3cc(O)ccc3C2)c(O)c1OC. The number of fused-ring (bicyclic) bond motifs is 1. The van der Waals surface area contributed by atoms with Gasteiger partial charge in [-0.15, -0.1) is 0 Å². The van der Waals surface area contributed by atoms with Crippen LogP contribution in [0.5, 0.6) is 34.5 Å². The van der Waals surface area contributed by atoms with Crippen LogP contribution in [0.2, 0.25) is 0 Å². The highest BCUT2D eigenvalue weighted by Crippen LogP contribution is 2.49. The predicted octanol–water partition coefficient (Wildman–Crippen LogP) is 2.84. The Bertz CT molecular complexity index is 756. The minimum atomic E-state index is -0.114. The van der Waals surface area contributed by atoms with Gasteiger partial charge in [0.05, 0.1) is 27.9 Å². The summed E-state index contributed by atoms with van der Waals surface area (Å²) >= 11 is 0. The van der Waals surface area contributed by atoms with Gasteiger partial charge in [-0.05, 0) is 18.1 Å². The molecule has 2 N–H and O–H groups in total. The van der Waals surface area contributed by atoms with Crippen LogP contribution in [0.4, 0.5) is 0 Å². The number of phenolic OH excluding ortho intramolecular Hbond substituents is 2. The second-order valence-electron chi connectivity index (χ2n) is 5.58. The molecule has 1 heterocycles. The van der Waals surface area contributed by atoms with Gasteiger partial charge in [0.2, 0.25) is 5.75 Å². The van der Waals surface area contributed by atoms with Gasteiger partial charge >= 0.3 is 0 Å². The summed E-state index contributed by atoms with van der Waals surface area (Å²) in [5.41, 5.74) is 1.58. The van der Waals surface area contributed by atoms with E-state index in [4.69, 9.17) is 18.9 Å². The van der Waals surface area contributed by atoms with E-state index in [1.807, 2.05) is 6.07 Å². The number of hydrogen-bond acceptors (Lipinski definition) is 6. The van der Waals surface area contributed by atoms with Gasteiger partial charge in [0.1, 0.15) is 17.2 Å². The molecular weight excluding hydrogens is 312 g/mol. The molecular formula is C18H20O6. The molecule has 0 radical (unpaired) electrons. The van der Waals surface area contributed by atoms with E-state index in [2.05, 4.69) is 0 Å². The van der Waals surface area contributed by atoms with Crippen LogP contribution in [0.1, 0.15) is 17.0 Å². The van der Waals surface area contributed by atoms with Crippen LogP contribution >= 0.6 is 0 Å². The summed E-state index contributed by atoms with van der Waals surface area (Å²) in [6, 6.07) is 6.73. The molecule has 1 aliphatic heterocycles. The van der Waals surface area contributed by atoms with Crippen LogP contribution in [-0.2, 0) is 6.42 Å². The molecule has 2 aromatic rings. The predicted molar refractivity (Wildman–Crippen MR) is 87.8 cm³/mol. The second-order valence-corrected chi connectivity index (χ2v) is 5.58. The lowest BCUT2D eigenvalue weighted by Gasteiger charge is -2.28. The topological polar surface area (TPSA) is 77.4 Å². The molecule has 0 fully saturated rings. The molecule has 0 bridgehead atoms. The van der Waals surface area contributed by atoms with Gasteiger partial charge in [0.15, 0.2) is 11.5 Å². The van der Waals surface area contributed by atoms with Crippen molar-refractivity contribution in [2.45, 2.75) is 12.3 Å². The van der Waals surface area contributed by atoms with E-state index in [0.29, 0.717) is 35.8 Å². The molecule has 0 amide bonds. The highest BCUT2D eigenvalue weighted by molar-refractivity contribution is 5.62. The summed E-state index contributed by atoms with van der Waals surface area (Å²) in [5.74, 6) is 1.88. The van der Waals surface area contributed by atoms with Gasteiger partial charge in [-0.2, -0.15) is 0 Å². The van der Waals surface area contributed by atoms with E-state index < -0.39 is 0 Å². The third-order valence-corrected chi connectivity index (χ3v) is 4.23. The van der Waals surface area contributed by atoms with Crippen LogP contribution in [0, 0.1) is 0 Å². The molecule has 2 aromatic carbocycles. The molecule has 6 nitrogen and oxygen atoms in total. The molecule has 0 spiro atoms. The van der Waals surface area contributed by atoms with Gasteiger partial charge in [0, 0.05) is 23.6 Å². The summed E-state index contributed by atoms with van der Waals surface area (Å²) in [4.78, 5) is 0. The summed E-state index contributed by atoms with van der Waals surface area (Å²) in [6.45, 7) is 0.357. The van der Waals surface area contributed by atoms with Crippen LogP contribution in [0.3, 0.4) is 0 Å². The van der Waals surface area contributed by atoms with Crippen LogP contribution in [0.15, 0.2) is 24.3 Å². The number of rotatable bonds is 4. The van der Waals surface area contributed by atoms with E-state index >= 15 is 0 Å². The van der Waals surface area contributed by atoms with Crippen molar-refractivity contribution in [3.05, 3.63) is 35.4 Å². The Balaban J connectivity index is 2.05. The normalized spacial score (nSPS) is 16.0. The molecule has 0 saturated carbocycles. The standard InChI is InChI=1S/C18H20O6/c1-21-14-8-15(22-2)18(23-3)17(20)16(14)11-6-10-4-5-12(19)7-13(10)24-9-11/h4-5,7-8,11,19-20H,6,9H2,1-3H3/t11-/m0/s1. The first-order chi connectivity index (χ1) is 11.6. The fourth-order valence-electron chi connectivity index (χ4n) is 3.08. The number of benzene rings is 2. The average Bonchev–Trinajstić information content (AvgIpc) is 2.60. The first-order valence-electron chi connectivity index (χ1n) is 7.55. The Kier molecular flexibility index (Phi) is 4.29. The van der Waals surface area contributed by atoms with Crippen LogP contribution < -0.4 is 18.9 Å². The van der Waals surface area contributed by atoms with Crippen molar-refractivity contribution in [2.75, 3.05) is 27.9 Å². The van der Waals surface area contributed by atoms with Crippen molar-refractivity contribution < 1.29 is 29.2 Å². The van der Waals surface area contributed by atoms with Crippen molar-refractivity contribution in [1.29, 1.82) is 0 Å². The zero-order valence-electron chi connectivity index (χ0n) is 13.8. The monoisotopic (exact) mass is 332 g/mol. The molecule has 0 unspecified atom stereocenters. The lowest BCUT2D eigenvalue weighted by molar-refractivity contribution is 0.251. The lowest BCUT2D eigenvalue weighted by Crippen LogP contribution is -2.20. The molecule has 3 rings (SSSR count). The van der Waals surface area contributed by atoms with Crippen LogP contribution in [0.25, 0.3) is 0 Å². The fraction of sp³-hybridized carbons (Fsp3) is 0.333. The summed E-state index contributed by atoms with van der Waals surface area (Å²) in [5, 5.41) is 20.2. The minimum absolute atomic E-state index is 0.00970. The molecule has 6 heteroatoms. The van der Waals surface area contributed by atoms with Crippen LogP contribution in [-0.4, -0.2) is 38.1 Å². The van der Waals surface area contributed by atoms with Crippen molar-refractivity contribution in [2.24, 2.45) is 0 Å². The summed E-state index contributed by atoms with van der Waals surface area (Å²) < 4.78 is 21.7. The van der Waals surface area contributed by atoms with Gasteiger partial charge in [-0.1, -0.05) is 6.07 Å². The number of hydrogen-bond donors (Lipinski definition) is 2. The number of methoxy groups -OCH3 is 3. The summed E-state index contributed by atoms with van der Waals surface area (Å²) in [6.07, 6.45) is 0.648. The minimum Gasteiger partial charge on any atom is -0.508 e. The Labute approximate surface area is 140 Å². The van der Waals surface area contributed by atoms with Gasteiger partial charge < -0.3 is 29.2 Å².